The first-order chi connectivity index (χ1) is 13.7. The highest BCUT2D eigenvalue weighted by atomic mass is 14.5. The van der Waals surface area contributed by atoms with Crippen molar-refractivity contribution in [2.45, 2.75) is 13.3 Å². The topological polar surface area (TPSA) is 26.0 Å². The van der Waals surface area contributed by atoms with Crippen LogP contribution in [0.3, 0.4) is 0 Å². The molecule has 1 nitrogen and oxygen atoms in total. The van der Waals surface area contributed by atoms with E-state index >= 15 is 0 Å². The molecule has 0 aliphatic rings. The minimum Gasteiger partial charge on any atom is -0.399 e. The summed E-state index contributed by atoms with van der Waals surface area (Å²) in [7, 11) is 2.19. The summed E-state index contributed by atoms with van der Waals surface area (Å²) in [6.07, 6.45) is 1.02. The molecule has 5 aromatic carbocycles. The number of fused-ring (bicyclic) bond motifs is 4. The average Bonchev–Trinajstić information content (AvgIpc) is 2.73. The Bertz CT molecular complexity index is 1270. The summed E-state index contributed by atoms with van der Waals surface area (Å²) >= 11 is 0. The van der Waals surface area contributed by atoms with Crippen LogP contribution in [0.2, 0.25) is 0 Å². The largest absolute Gasteiger partial charge is 0.399 e. The molecule has 5 rings (SSSR count). The number of hydrogen-bond acceptors (Lipinski definition) is 1. The Morgan fingerprint density at radius 1 is 0.679 bits per heavy atom. The molecule has 0 saturated carbocycles. The van der Waals surface area contributed by atoms with Gasteiger partial charge in [-0.05, 0) is 62.5 Å². The Morgan fingerprint density at radius 3 is 2.04 bits per heavy atom. The molecule has 0 saturated heterocycles. The lowest BCUT2D eigenvalue weighted by molar-refractivity contribution is 1.14. The molecule has 0 bridgehead atoms. The van der Waals surface area contributed by atoms with Crippen LogP contribution in [0.5, 0.6) is 0 Å². The van der Waals surface area contributed by atoms with E-state index in [9.17, 15) is 0 Å². The Labute approximate surface area is 167 Å². The van der Waals surface area contributed by atoms with Crippen LogP contribution < -0.4 is 11.2 Å². The normalized spacial score (nSPS) is 10.8. The smallest absolute Gasteiger partial charge is 0.140 e. The number of benzene rings is 5. The van der Waals surface area contributed by atoms with E-state index in [1.165, 1.54) is 43.3 Å². The molecule has 0 radical (unpaired) electrons. The van der Waals surface area contributed by atoms with Crippen LogP contribution in [0, 0.1) is 0 Å². The fourth-order valence-electron chi connectivity index (χ4n) is 3.85. The first-order valence-corrected chi connectivity index (χ1v) is 9.81. The molecule has 0 fully saturated rings. The van der Waals surface area contributed by atoms with Crippen molar-refractivity contribution in [2.75, 3.05) is 5.73 Å². The SMILES string of the molecule is Bc1cccc2ccc3cc4ccccc4cc3c12.CCc1ccccc1N. The van der Waals surface area contributed by atoms with E-state index in [0.29, 0.717) is 0 Å². The number of anilines is 1. The number of nitrogens with two attached hydrogens (primary N) is 1. The fourth-order valence-corrected chi connectivity index (χ4v) is 3.85. The van der Waals surface area contributed by atoms with E-state index < -0.39 is 0 Å². The molecular formula is C26H24BN. The second-order valence-electron chi connectivity index (χ2n) is 7.21. The van der Waals surface area contributed by atoms with Crippen LogP contribution in [-0.2, 0) is 6.42 Å². The van der Waals surface area contributed by atoms with Crippen LogP contribution in [0.1, 0.15) is 12.5 Å². The molecule has 0 aliphatic heterocycles. The third-order valence-electron chi connectivity index (χ3n) is 5.37. The third-order valence-corrected chi connectivity index (χ3v) is 5.37. The maximum atomic E-state index is 5.63. The highest BCUT2D eigenvalue weighted by molar-refractivity contribution is 6.41. The zero-order valence-corrected chi connectivity index (χ0v) is 16.4. The summed E-state index contributed by atoms with van der Waals surface area (Å²) in [6.45, 7) is 2.10. The van der Waals surface area contributed by atoms with Gasteiger partial charge >= 0.3 is 0 Å². The van der Waals surface area contributed by atoms with Gasteiger partial charge in [0.1, 0.15) is 7.85 Å². The molecule has 0 spiro atoms. The third kappa shape index (κ3) is 3.46. The first kappa shape index (κ1) is 18.1. The van der Waals surface area contributed by atoms with Gasteiger partial charge < -0.3 is 5.73 Å². The molecule has 0 heterocycles. The number of aryl methyl sites for hydroxylation is 1. The molecule has 0 aliphatic carbocycles. The predicted octanol–water partition coefficient (Wildman–Crippen LogP) is 5.24. The predicted molar refractivity (Wildman–Crippen MR) is 127 cm³/mol. The Balaban J connectivity index is 0.000000181. The number of nitrogen functional groups attached to an aromatic ring is 1. The standard InChI is InChI=1S/C18H13B.C8H11N/c19-17-7-3-6-12-8-9-15-10-13-4-1-2-5-14(13)11-16(15)18(12)17;1-2-7-5-3-4-6-8(7)9/h1-11H,19H2;3-6H,2,9H2,1H3. The second-order valence-corrected chi connectivity index (χ2v) is 7.21. The van der Waals surface area contributed by atoms with Crippen molar-refractivity contribution < 1.29 is 0 Å². The Hall–Kier alpha value is -3.26. The molecule has 136 valence electrons. The van der Waals surface area contributed by atoms with Crippen molar-refractivity contribution >= 4 is 51.3 Å². The lowest BCUT2D eigenvalue weighted by Crippen LogP contribution is -2.03. The van der Waals surface area contributed by atoms with E-state index in [4.69, 9.17) is 5.73 Å². The van der Waals surface area contributed by atoms with Gasteiger partial charge in [0.15, 0.2) is 0 Å². The molecular weight excluding hydrogens is 337 g/mol. The molecule has 0 atom stereocenters. The molecule has 0 aromatic heterocycles. The van der Waals surface area contributed by atoms with Gasteiger partial charge in [-0.2, -0.15) is 0 Å². The zero-order valence-electron chi connectivity index (χ0n) is 16.4. The summed E-state index contributed by atoms with van der Waals surface area (Å²) < 4.78 is 0. The maximum Gasteiger partial charge on any atom is 0.140 e. The van der Waals surface area contributed by atoms with Gasteiger partial charge in [-0.3, -0.25) is 0 Å². The summed E-state index contributed by atoms with van der Waals surface area (Å²) in [5.41, 5.74) is 9.11. The van der Waals surface area contributed by atoms with Gasteiger partial charge in [0.25, 0.3) is 0 Å². The molecule has 2 N–H and O–H groups in total. The molecule has 5 aromatic rings. The van der Waals surface area contributed by atoms with Crippen LogP contribution in [0.4, 0.5) is 5.69 Å². The minimum absolute atomic E-state index is 0.903. The fraction of sp³-hybridized carbons (Fsp3) is 0.0769. The van der Waals surface area contributed by atoms with E-state index in [2.05, 4.69) is 87.6 Å². The van der Waals surface area contributed by atoms with Crippen LogP contribution in [0.25, 0.3) is 32.3 Å². The lowest BCUT2D eigenvalue weighted by Gasteiger charge is -2.08. The first-order valence-electron chi connectivity index (χ1n) is 9.81. The van der Waals surface area contributed by atoms with Crippen molar-refractivity contribution in [3.63, 3.8) is 0 Å². The quantitative estimate of drug-likeness (QED) is 0.188. The van der Waals surface area contributed by atoms with Gasteiger partial charge in [0, 0.05) is 5.69 Å². The molecule has 2 heteroatoms. The molecule has 28 heavy (non-hydrogen) atoms. The van der Waals surface area contributed by atoms with Gasteiger partial charge in [-0.25, -0.2) is 0 Å². The van der Waals surface area contributed by atoms with Gasteiger partial charge in [-0.1, -0.05) is 85.2 Å². The van der Waals surface area contributed by atoms with Crippen LogP contribution in [0.15, 0.2) is 91.0 Å². The van der Waals surface area contributed by atoms with E-state index in [0.717, 1.165) is 12.1 Å². The van der Waals surface area contributed by atoms with Crippen LogP contribution >= 0.6 is 0 Å². The number of hydrogen-bond donors (Lipinski definition) is 1. The highest BCUT2D eigenvalue weighted by Crippen LogP contribution is 2.28. The van der Waals surface area contributed by atoms with E-state index in [-0.39, 0.29) is 0 Å². The Kier molecular flexibility index (Phi) is 5.03. The number of rotatable bonds is 1. The highest BCUT2D eigenvalue weighted by Gasteiger charge is 2.04. The van der Waals surface area contributed by atoms with Crippen molar-refractivity contribution in [1.82, 2.24) is 0 Å². The van der Waals surface area contributed by atoms with Crippen LogP contribution in [-0.4, -0.2) is 7.85 Å². The van der Waals surface area contributed by atoms with E-state index in [1.807, 2.05) is 18.2 Å². The number of para-hydroxylation sites is 1. The summed E-state index contributed by atoms with van der Waals surface area (Å²) in [6, 6.07) is 32.1. The van der Waals surface area contributed by atoms with Gasteiger partial charge in [0.2, 0.25) is 0 Å². The summed E-state index contributed by atoms with van der Waals surface area (Å²) in [5, 5.41) is 8.00. The Morgan fingerprint density at radius 2 is 1.32 bits per heavy atom. The molecule has 0 unspecified atom stereocenters. The average molecular weight is 361 g/mol. The van der Waals surface area contributed by atoms with Gasteiger partial charge in [-0.15, -0.1) is 0 Å². The second kappa shape index (κ2) is 7.78. The maximum absolute atomic E-state index is 5.63. The van der Waals surface area contributed by atoms with Crippen molar-refractivity contribution in [3.05, 3.63) is 96.6 Å². The summed E-state index contributed by atoms with van der Waals surface area (Å²) in [4.78, 5) is 0. The van der Waals surface area contributed by atoms with Gasteiger partial charge in [0.05, 0.1) is 0 Å². The monoisotopic (exact) mass is 361 g/mol. The van der Waals surface area contributed by atoms with Crippen molar-refractivity contribution in [2.24, 2.45) is 0 Å². The van der Waals surface area contributed by atoms with Crippen molar-refractivity contribution in [3.8, 4) is 0 Å². The van der Waals surface area contributed by atoms with E-state index in [1.54, 1.807) is 0 Å². The minimum atomic E-state index is 0.903. The lowest BCUT2D eigenvalue weighted by atomic mass is 9.87. The zero-order chi connectivity index (χ0) is 19.5. The van der Waals surface area contributed by atoms with Crippen molar-refractivity contribution in [1.29, 1.82) is 0 Å². The summed E-state index contributed by atoms with van der Waals surface area (Å²) in [5.74, 6) is 0. The molecule has 0 amide bonds.